The van der Waals surface area contributed by atoms with Crippen LogP contribution in [0.25, 0.3) is 0 Å². The second-order valence-electron chi connectivity index (χ2n) is 3.87. The van der Waals surface area contributed by atoms with E-state index < -0.39 is 0 Å². The van der Waals surface area contributed by atoms with Gasteiger partial charge in [0.2, 0.25) is 0 Å². The number of rotatable bonds is 1. The Bertz CT molecular complexity index is 422. The van der Waals surface area contributed by atoms with Crippen LogP contribution in [0.2, 0.25) is 5.15 Å². The molecule has 1 aromatic rings. The standard InChI is InChI=1S/C11H12ClN3O/c12-10-5-8(7-13)6-11(14-10)15-3-1-9(16)2-4-15/h5-6,9,16H,1-4H2. The smallest absolute Gasteiger partial charge is 0.132 e. The first-order valence-corrected chi connectivity index (χ1v) is 5.57. The summed E-state index contributed by atoms with van der Waals surface area (Å²) in [7, 11) is 0. The Morgan fingerprint density at radius 3 is 2.75 bits per heavy atom. The largest absolute Gasteiger partial charge is 0.393 e. The molecule has 1 aliphatic heterocycles. The lowest BCUT2D eigenvalue weighted by molar-refractivity contribution is 0.145. The van der Waals surface area contributed by atoms with Gasteiger partial charge in [0, 0.05) is 13.1 Å². The molecule has 0 bridgehead atoms. The third-order valence-electron chi connectivity index (χ3n) is 2.70. The molecule has 1 fully saturated rings. The number of aromatic nitrogens is 1. The average Bonchev–Trinajstić information content (AvgIpc) is 2.29. The molecule has 16 heavy (non-hydrogen) atoms. The summed E-state index contributed by atoms with van der Waals surface area (Å²) < 4.78 is 0. The van der Waals surface area contributed by atoms with E-state index in [1.165, 1.54) is 0 Å². The van der Waals surface area contributed by atoms with Crippen LogP contribution >= 0.6 is 11.6 Å². The molecule has 1 aliphatic rings. The Kier molecular flexibility index (Phi) is 3.28. The summed E-state index contributed by atoms with van der Waals surface area (Å²) in [5.74, 6) is 0.718. The third kappa shape index (κ3) is 2.43. The van der Waals surface area contributed by atoms with Crippen LogP contribution in [0.1, 0.15) is 18.4 Å². The van der Waals surface area contributed by atoms with Gasteiger partial charge in [0.05, 0.1) is 17.7 Å². The predicted octanol–water partition coefficient (Wildman–Crippen LogP) is 1.57. The highest BCUT2D eigenvalue weighted by atomic mass is 35.5. The number of nitriles is 1. The lowest BCUT2D eigenvalue weighted by Crippen LogP contribution is -2.36. The van der Waals surface area contributed by atoms with Crippen molar-refractivity contribution < 1.29 is 5.11 Å². The highest BCUT2D eigenvalue weighted by molar-refractivity contribution is 6.29. The van der Waals surface area contributed by atoms with Crippen LogP contribution in [0.5, 0.6) is 0 Å². The van der Waals surface area contributed by atoms with E-state index in [1.54, 1.807) is 12.1 Å². The molecule has 0 radical (unpaired) electrons. The molecule has 84 valence electrons. The van der Waals surface area contributed by atoms with Crippen LogP contribution in [0.15, 0.2) is 12.1 Å². The zero-order valence-electron chi connectivity index (χ0n) is 8.73. The third-order valence-corrected chi connectivity index (χ3v) is 2.89. The van der Waals surface area contributed by atoms with Crippen LogP contribution in [0.3, 0.4) is 0 Å². The fourth-order valence-corrected chi connectivity index (χ4v) is 2.01. The number of aliphatic hydroxyl groups excluding tert-OH is 1. The van der Waals surface area contributed by atoms with Crippen LogP contribution < -0.4 is 4.90 Å². The van der Waals surface area contributed by atoms with Gasteiger partial charge in [-0.2, -0.15) is 5.26 Å². The van der Waals surface area contributed by atoms with Gasteiger partial charge in [0.25, 0.3) is 0 Å². The summed E-state index contributed by atoms with van der Waals surface area (Å²) >= 11 is 5.84. The monoisotopic (exact) mass is 237 g/mol. The minimum atomic E-state index is -0.217. The maximum Gasteiger partial charge on any atom is 0.132 e. The van der Waals surface area contributed by atoms with Crippen molar-refractivity contribution in [3.05, 3.63) is 22.8 Å². The predicted molar refractivity (Wildman–Crippen MR) is 61.4 cm³/mol. The van der Waals surface area contributed by atoms with E-state index >= 15 is 0 Å². The van der Waals surface area contributed by atoms with Crippen molar-refractivity contribution in [2.45, 2.75) is 18.9 Å². The van der Waals surface area contributed by atoms with Gasteiger partial charge in [-0.3, -0.25) is 0 Å². The Morgan fingerprint density at radius 2 is 2.12 bits per heavy atom. The molecule has 1 saturated heterocycles. The molecule has 0 aliphatic carbocycles. The number of pyridine rings is 1. The minimum Gasteiger partial charge on any atom is -0.393 e. The Labute approximate surface area is 99.1 Å². The number of hydrogen-bond acceptors (Lipinski definition) is 4. The first-order chi connectivity index (χ1) is 7.69. The maximum atomic E-state index is 9.40. The summed E-state index contributed by atoms with van der Waals surface area (Å²) in [6.07, 6.45) is 1.25. The van der Waals surface area contributed by atoms with Crippen LogP contribution in [0, 0.1) is 11.3 Å². The molecule has 2 heterocycles. The fraction of sp³-hybridized carbons (Fsp3) is 0.455. The molecular weight excluding hydrogens is 226 g/mol. The van der Waals surface area contributed by atoms with E-state index in [-0.39, 0.29) is 6.10 Å². The number of piperidine rings is 1. The van der Waals surface area contributed by atoms with Crippen molar-refractivity contribution in [2.75, 3.05) is 18.0 Å². The molecule has 1 aromatic heterocycles. The molecule has 0 atom stereocenters. The summed E-state index contributed by atoms with van der Waals surface area (Å²) in [6.45, 7) is 1.50. The lowest BCUT2D eigenvalue weighted by atomic mass is 10.1. The van der Waals surface area contributed by atoms with Crippen molar-refractivity contribution >= 4 is 17.4 Å². The van der Waals surface area contributed by atoms with Crippen LogP contribution in [-0.2, 0) is 0 Å². The maximum absolute atomic E-state index is 9.40. The summed E-state index contributed by atoms with van der Waals surface area (Å²) in [4.78, 5) is 6.23. The molecule has 2 rings (SSSR count). The first-order valence-electron chi connectivity index (χ1n) is 5.20. The SMILES string of the molecule is N#Cc1cc(Cl)nc(N2CCC(O)CC2)c1. The topological polar surface area (TPSA) is 60.2 Å². The van der Waals surface area contributed by atoms with Crippen LogP contribution in [-0.4, -0.2) is 29.3 Å². The number of halogens is 1. The Balaban J connectivity index is 2.20. The lowest BCUT2D eigenvalue weighted by Gasteiger charge is -2.30. The van der Waals surface area contributed by atoms with Crippen molar-refractivity contribution in [1.29, 1.82) is 5.26 Å². The minimum absolute atomic E-state index is 0.217. The normalized spacial score (nSPS) is 17.2. The zero-order valence-corrected chi connectivity index (χ0v) is 9.48. The average molecular weight is 238 g/mol. The molecular formula is C11H12ClN3O. The Morgan fingerprint density at radius 1 is 1.44 bits per heavy atom. The van der Waals surface area contributed by atoms with E-state index in [0.717, 1.165) is 31.7 Å². The number of nitrogens with zero attached hydrogens (tertiary/aromatic N) is 3. The molecule has 1 N–H and O–H groups in total. The molecule has 0 saturated carbocycles. The summed E-state index contributed by atoms with van der Waals surface area (Å²) in [6, 6.07) is 5.33. The quantitative estimate of drug-likeness (QED) is 0.754. The highest BCUT2D eigenvalue weighted by Gasteiger charge is 2.18. The zero-order chi connectivity index (χ0) is 11.5. The second-order valence-corrected chi connectivity index (χ2v) is 4.25. The molecule has 5 heteroatoms. The van der Waals surface area contributed by atoms with E-state index in [4.69, 9.17) is 16.9 Å². The molecule has 0 aromatic carbocycles. The summed E-state index contributed by atoms with van der Waals surface area (Å²) in [5.41, 5.74) is 0.515. The summed E-state index contributed by atoms with van der Waals surface area (Å²) in [5, 5.41) is 18.6. The van der Waals surface area contributed by atoms with Crippen molar-refractivity contribution in [2.24, 2.45) is 0 Å². The second kappa shape index (κ2) is 4.69. The molecule has 0 amide bonds. The number of aliphatic hydroxyl groups is 1. The number of anilines is 1. The van der Waals surface area contributed by atoms with E-state index in [2.05, 4.69) is 11.1 Å². The van der Waals surface area contributed by atoms with E-state index in [1.807, 2.05) is 4.90 Å². The molecule has 0 spiro atoms. The van der Waals surface area contributed by atoms with Gasteiger partial charge >= 0.3 is 0 Å². The highest BCUT2D eigenvalue weighted by Crippen LogP contribution is 2.21. The fourth-order valence-electron chi connectivity index (χ4n) is 1.80. The van der Waals surface area contributed by atoms with Crippen molar-refractivity contribution in [3.8, 4) is 6.07 Å². The Hall–Kier alpha value is -1.31. The van der Waals surface area contributed by atoms with Crippen molar-refractivity contribution in [3.63, 3.8) is 0 Å². The van der Waals surface area contributed by atoms with Gasteiger partial charge in [0.1, 0.15) is 11.0 Å². The first kappa shape index (κ1) is 11.2. The van der Waals surface area contributed by atoms with Gasteiger partial charge in [0.15, 0.2) is 0 Å². The number of hydrogen-bond donors (Lipinski definition) is 1. The molecule has 4 nitrogen and oxygen atoms in total. The van der Waals surface area contributed by atoms with Crippen molar-refractivity contribution in [1.82, 2.24) is 4.98 Å². The van der Waals surface area contributed by atoms with Gasteiger partial charge in [-0.05, 0) is 25.0 Å². The van der Waals surface area contributed by atoms with E-state index in [0.29, 0.717) is 10.7 Å². The molecule has 0 unspecified atom stereocenters. The van der Waals surface area contributed by atoms with Crippen LogP contribution in [0.4, 0.5) is 5.82 Å². The van der Waals surface area contributed by atoms with Gasteiger partial charge in [-0.15, -0.1) is 0 Å². The van der Waals surface area contributed by atoms with Gasteiger partial charge < -0.3 is 10.0 Å². The van der Waals surface area contributed by atoms with Gasteiger partial charge in [-0.25, -0.2) is 4.98 Å². The van der Waals surface area contributed by atoms with E-state index in [9.17, 15) is 5.11 Å². The van der Waals surface area contributed by atoms with Gasteiger partial charge in [-0.1, -0.05) is 11.6 Å².